The first kappa shape index (κ1) is 17.5. The van der Waals surface area contributed by atoms with E-state index in [-0.39, 0.29) is 0 Å². The van der Waals surface area contributed by atoms with Crippen LogP contribution in [0.15, 0.2) is 48.5 Å². The van der Waals surface area contributed by atoms with Crippen LogP contribution < -0.4 is 13.9 Å². The first-order valence-corrected chi connectivity index (χ1v) is 8.13. The number of ether oxygens (including phenoxy) is 2. The third kappa shape index (κ3) is 2.90. The molecule has 0 aliphatic heterocycles. The Morgan fingerprint density at radius 1 is 0.769 bits per heavy atom. The molecule has 3 rings (SSSR count). The smallest absolute Gasteiger partial charge is 0.289 e. The van der Waals surface area contributed by atoms with Crippen LogP contribution in [0.25, 0.3) is 22.5 Å². The summed E-state index contributed by atoms with van der Waals surface area (Å²) < 4.78 is 11.9. The predicted molar refractivity (Wildman–Crippen MR) is 100 cm³/mol. The summed E-state index contributed by atoms with van der Waals surface area (Å²) >= 11 is 0. The highest BCUT2D eigenvalue weighted by molar-refractivity contribution is 5.65. The first-order chi connectivity index (χ1) is 12.5. The fourth-order valence-corrected chi connectivity index (χ4v) is 3.00. The highest BCUT2D eigenvalue weighted by Crippen LogP contribution is 2.28. The molecule has 2 aromatic carbocycles. The normalized spacial score (nSPS) is 10.6. The molecule has 0 fully saturated rings. The lowest BCUT2D eigenvalue weighted by Gasteiger charge is -2.19. The maximum atomic E-state index is 13.2. The third-order valence-corrected chi connectivity index (χ3v) is 4.43. The van der Waals surface area contributed by atoms with Crippen LogP contribution in [0, 0.1) is 24.0 Å². The first-order valence-electron chi connectivity index (χ1n) is 8.13. The lowest BCUT2D eigenvalue weighted by atomic mass is 10.1. The Morgan fingerprint density at radius 2 is 1.12 bits per heavy atom. The van der Waals surface area contributed by atoms with E-state index in [0.717, 1.165) is 9.16 Å². The zero-order chi connectivity index (χ0) is 18.8. The number of aromatic nitrogens is 2. The van der Waals surface area contributed by atoms with Gasteiger partial charge in [-0.15, -0.1) is 0 Å². The van der Waals surface area contributed by atoms with E-state index >= 15 is 0 Å². The molecular formula is C20H20N2O4. The van der Waals surface area contributed by atoms with Crippen molar-refractivity contribution in [2.45, 2.75) is 13.8 Å². The van der Waals surface area contributed by atoms with E-state index in [9.17, 15) is 10.1 Å². The third-order valence-electron chi connectivity index (χ3n) is 4.43. The zero-order valence-electron chi connectivity index (χ0n) is 15.1. The van der Waals surface area contributed by atoms with Gasteiger partial charge in [0.2, 0.25) is 0 Å². The quantitative estimate of drug-likeness (QED) is 0.671. The number of hydrogen-bond acceptors (Lipinski definition) is 4. The summed E-state index contributed by atoms with van der Waals surface area (Å²) in [5.41, 5.74) is 2.63. The summed E-state index contributed by atoms with van der Waals surface area (Å²) in [5, 5.41) is 12.7. The van der Waals surface area contributed by atoms with Crippen molar-refractivity contribution in [2.24, 2.45) is 0 Å². The summed E-state index contributed by atoms with van der Waals surface area (Å²) in [6, 6.07) is 14.1. The van der Waals surface area contributed by atoms with E-state index in [0.29, 0.717) is 45.4 Å². The molecule has 0 saturated carbocycles. The van der Waals surface area contributed by atoms with Gasteiger partial charge < -0.3 is 19.4 Å². The van der Waals surface area contributed by atoms with Gasteiger partial charge in [-0.05, 0) is 62.4 Å². The average Bonchev–Trinajstić information content (AvgIpc) is 2.67. The van der Waals surface area contributed by atoms with Crippen LogP contribution in [0.1, 0.15) is 11.4 Å². The summed E-state index contributed by atoms with van der Waals surface area (Å²) in [7, 11) is 3.15. The molecule has 1 aromatic heterocycles. The molecule has 0 bridgehead atoms. The SMILES string of the molecule is COc1ccc(-c2c(C)n([O-])c(C)c(-c3ccc(OC)cc3)[n+]2=O)cc1. The fraction of sp³-hybridized carbons (Fsp3) is 0.200. The van der Waals surface area contributed by atoms with Crippen molar-refractivity contribution >= 4 is 0 Å². The van der Waals surface area contributed by atoms with Crippen molar-refractivity contribution in [2.75, 3.05) is 14.2 Å². The molecule has 1 heterocycles. The number of rotatable bonds is 4. The average molecular weight is 352 g/mol. The Morgan fingerprint density at radius 3 is 1.42 bits per heavy atom. The Kier molecular flexibility index (Phi) is 4.67. The van der Waals surface area contributed by atoms with Gasteiger partial charge in [0.25, 0.3) is 11.4 Å². The second-order valence-electron chi connectivity index (χ2n) is 5.91. The Balaban J connectivity index is 2.25. The van der Waals surface area contributed by atoms with E-state index in [1.165, 1.54) is 0 Å². The largest absolute Gasteiger partial charge is 0.805 e. The molecule has 6 nitrogen and oxygen atoms in total. The van der Waals surface area contributed by atoms with Gasteiger partial charge in [0.1, 0.15) is 11.5 Å². The van der Waals surface area contributed by atoms with E-state index in [1.807, 2.05) is 0 Å². The second-order valence-corrected chi connectivity index (χ2v) is 5.91. The second kappa shape index (κ2) is 6.92. The molecule has 0 aliphatic carbocycles. The van der Waals surface area contributed by atoms with Crippen LogP contribution in [-0.4, -0.2) is 19.0 Å². The van der Waals surface area contributed by atoms with Crippen molar-refractivity contribution in [1.82, 2.24) is 4.73 Å². The van der Waals surface area contributed by atoms with Crippen LogP contribution in [0.4, 0.5) is 0 Å². The minimum absolute atomic E-state index is 0.319. The van der Waals surface area contributed by atoms with Gasteiger partial charge in [0.15, 0.2) is 0 Å². The molecule has 0 saturated heterocycles. The standard InChI is InChI=1S/C20H20N2O4/c1-13-19(15-5-9-17(25-3)10-6-15)22(24)20(14(2)21(13)23)16-7-11-18(26-4)12-8-16/h5-12H,1-4H3. The molecule has 0 amide bonds. The number of methoxy groups -OCH3 is 2. The Hall–Kier alpha value is -3.28. The molecule has 0 spiro atoms. The lowest BCUT2D eigenvalue weighted by molar-refractivity contribution is -0.471. The van der Waals surface area contributed by atoms with Crippen molar-refractivity contribution < 1.29 is 13.9 Å². The van der Waals surface area contributed by atoms with Gasteiger partial charge >= 0.3 is 0 Å². The molecule has 26 heavy (non-hydrogen) atoms. The van der Waals surface area contributed by atoms with Gasteiger partial charge in [-0.1, -0.05) is 0 Å². The Labute approximate surface area is 151 Å². The van der Waals surface area contributed by atoms with E-state index < -0.39 is 0 Å². The molecule has 6 heteroatoms. The van der Waals surface area contributed by atoms with Gasteiger partial charge in [0.05, 0.1) is 41.2 Å². The minimum Gasteiger partial charge on any atom is -0.805 e. The van der Waals surface area contributed by atoms with Gasteiger partial charge in [0, 0.05) is 4.91 Å². The Bertz CT molecular complexity index is 913. The van der Waals surface area contributed by atoms with Crippen LogP contribution in [0.5, 0.6) is 11.5 Å². The van der Waals surface area contributed by atoms with Gasteiger partial charge in [-0.2, -0.15) is 0 Å². The number of benzene rings is 2. The molecule has 0 radical (unpaired) electrons. The predicted octanol–water partition coefficient (Wildman–Crippen LogP) is 3.72. The summed E-state index contributed by atoms with van der Waals surface area (Å²) in [4.78, 5) is 13.2. The fourth-order valence-electron chi connectivity index (χ4n) is 3.00. The monoisotopic (exact) mass is 352 g/mol. The van der Waals surface area contributed by atoms with Crippen LogP contribution in [-0.2, 0) is 0 Å². The summed E-state index contributed by atoms with van der Waals surface area (Å²) in [6.45, 7) is 3.29. The molecule has 0 N–H and O–H groups in total. The minimum atomic E-state index is 0.319. The van der Waals surface area contributed by atoms with E-state index in [1.54, 1.807) is 76.6 Å². The maximum absolute atomic E-state index is 13.2. The molecule has 134 valence electrons. The topological polar surface area (TPSA) is 69.4 Å². The van der Waals surface area contributed by atoms with Crippen molar-refractivity contribution in [1.29, 1.82) is 0 Å². The molecule has 0 unspecified atom stereocenters. The van der Waals surface area contributed by atoms with E-state index in [4.69, 9.17) is 9.47 Å². The van der Waals surface area contributed by atoms with Gasteiger partial charge in [-0.3, -0.25) is 0 Å². The molecular weight excluding hydrogens is 332 g/mol. The molecule has 0 aliphatic rings. The molecule has 0 atom stereocenters. The highest BCUT2D eigenvalue weighted by Gasteiger charge is 2.26. The molecule has 3 aromatic rings. The van der Waals surface area contributed by atoms with Crippen molar-refractivity contribution in [3.05, 3.63) is 70.0 Å². The van der Waals surface area contributed by atoms with Crippen molar-refractivity contribution in [3.8, 4) is 34.0 Å². The lowest BCUT2D eigenvalue weighted by Crippen LogP contribution is -2.27. The maximum Gasteiger partial charge on any atom is 0.289 e. The van der Waals surface area contributed by atoms with E-state index in [2.05, 4.69) is 0 Å². The van der Waals surface area contributed by atoms with Crippen molar-refractivity contribution in [3.63, 3.8) is 0 Å². The number of nitrogens with zero attached hydrogens (tertiary/aromatic N) is 2. The highest BCUT2D eigenvalue weighted by atomic mass is 16.5. The van der Waals surface area contributed by atoms with Crippen LogP contribution >= 0.6 is 0 Å². The van der Waals surface area contributed by atoms with Crippen LogP contribution in [0.2, 0.25) is 0 Å². The van der Waals surface area contributed by atoms with Gasteiger partial charge in [-0.25, -0.2) is 0 Å². The summed E-state index contributed by atoms with van der Waals surface area (Å²) in [5.74, 6) is 1.36. The number of hydrogen-bond donors (Lipinski definition) is 0. The summed E-state index contributed by atoms with van der Waals surface area (Å²) in [6.07, 6.45) is 0. The zero-order valence-corrected chi connectivity index (χ0v) is 15.1. The van der Waals surface area contributed by atoms with Crippen LogP contribution in [0.3, 0.4) is 0 Å².